The quantitative estimate of drug-likeness (QED) is 0.663. The third kappa shape index (κ3) is 3.09. The van der Waals surface area contributed by atoms with Crippen molar-refractivity contribution in [2.24, 2.45) is 5.92 Å². The molecular weight excluding hydrogens is 150 g/mol. The number of hydrogen-bond acceptors (Lipinski definition) is 3. The highest BCUT2D eigenvalue weighted by Crippen LogP contribution is 2.15. The van der Waals surface area contributed by atoms with E-state index in [0.717, 1.165) is 5.92 Å². The zero-order chi connectivity index (χ0) is 8.97. The van der Waals surface area contributed by atoms with Gasteiger partial charge in [0.1, 0.15) is 0 Å². The van der Waals surface area contributed by atoms with Gasteiger partial charge < -0.3 is 4.90 Å². The molecule has 1 aliphatic heterocycles. The molecule has 0 bridgehead atoms. The Balaban J connectivity index is 2.17. The molecule has 0 aromatic rings. The van der Waals surface area contributed by atoms with Gasteiger partial charge in [-0.1, -0.05) is 0 Å². The van der Waals surface area contributed by atoms with Gasteiger partial charge in [0.15, 0.2) is 0 Å². The van der Waals surface area contributed by atoms with Gasteiger partial charge in [-0.25, -0.2) is 5.01 Å². The molecule has 1 saturated heterocycles. The maximum Gasteiger partial charge on any atom is 0.0134 e. The van der Waals surface area contributed by atoms with Crippen LogP contribution in [-0.2, 0) is 0 Å². The highest BCUT2D eigenvalue weighted by Gasteiger charge is 2.18. The van der Waals surface area contributed by atoms with Gasteiger partial charge in [-0.15, -0.1) is 0 Å². The largest absolute Gasteiger partial charge is 0.309 e. The van der Waals surface area contributed by atoms with E-state index in [1.165, 1.54) is 32.5 Å². The zero-order valence-electron chi connectivity index (χ0n) is 8.51. The van der Waals surface area contributed by atoms with Crippen LogP contribution in [-0.4, -0.2) is 50.7 Å². The molecule has 0 aliphatic carbocycles. The van der Waals surface area contributed by atoms with Crippen molar-refractivity contribution in [2.75, 3.05) is 40.8 Å². The predicted molar refractivity (Wildman–Crippen MR) is 51.9 cm³/mol. The fourth-order valence-corrected chi connectivity index (χ4v) is 1.86. The predicted octanol–water partition coefficient (Wildman–Crippen LogP) is 0.394. The molecule has 0 amide bonds. The molecule has 0 spiro atoms. The van der Waals surface area contributed by atoms with E-state index in [0.29, 0.717) is 0 Å². The molecule has 0 aromatic carbocycles. The van der Waals surface area contributed by atoms with E-state index in [9.17, 15) is 0 Å². The van der Waals surface area contributed by atoms with Crippen molar-refractivity contribution in [3.8, 4) is 0 Å². The Kier molecular flexibility index (Phi) is 3.98. The third-order valence-electron chi connectivity index (χ3n) is 2.55. The number of piperidine rings is 1. The summed E-state index contributed by atoms with van der Waals surface area (Å²) in [6, 6.07) is 0. The molecule has 1 heterocycles. The first-order chi connectivity index (χ1) is 5.72. The van der Waals surface area contributed by atoms with Gasteiger partial charge in [0.25, 0.3) is 0 Å². The second kappa shape index (κ2) is 4.80. The average molecular weight is 171 g/mol. The summed E-state index contributed by atoms with van der Waals surface area (Å²) >= 11 is 0. The van der Waals surface area contributed by atoms with Crippen molar-refractivity contribution >= 4 is 0 Å². The molecule has 0 radical (unpaired) electrons. The summed E-state index contributed by atoms with van der Waals surface area (Å²) in [7, 11) is 6.32. The van der Waals surface area contributed by atoms with Crippen LogP contribution in [0.25, 0.3) is 0 Å². The van der Waals surface area contributed by atoms with Crippen LogP contribution in [0, 0.1) is 5.92 Å². The fraction of sp³-hybridized carbons (Fsp3) is 1.00. The highest BCUT2D eigenvalue weighted by atomic mass is 15.5. The molecule has 3 heteroatoms. The first-order valence-corrected chi connectivity index (χ1v) is 4.79. The number of nitrogens with one attached hydrogen (secondary N) is 1. The van der Waals surface area contributed by atoms with Crippen LogP contribution in [0.3, 0.4) is 0 Å². The molecular formula is C9H21N3. The SMILES string of the molecule is CNN1CCC(CN(C)C)CC1. The number of nitrogens with zero attached hydrogens (tertiary/aromatic N) is 2. The summed E-state index contributed by atoms with van der Waals surface area (Å²) in [5.41, 5.74) is 3.20. The van der Waals surface area contributed by atoms with E-state index in [4.69, 9.17) is 0 Å². The summed E-state index contributed by atoms with van der Waals surface area (Å²) in [5.74, 6) is 0.907. The van der Waals surface area contributed by atoms with Crippen LogP contribution in [0.1, 0.15) is 12.8 Å². The molecule has 3 nitrogen and oxygen atoms in total. The van der Waals surface area contributed by atoms with Crippen molar-refractivity contribution in [1.82, 2.24) is 15.3 Å². The van der Waals surface area contributed by atoms with Crippen LogP contribution in [0.2, 0.25) is 0 Å². The minimum absolute atomic E-state index is 0.907. The van der Waals surface area contributed by atoms with Gasteiger partial charge in [0, 0.05) is 19.6 Å². The van der Waals surface area contributed by atoms with Crippen molar-refractivity contribution in [3.05, 3.63) is 0 Å². The Labute approximate surface area is 75.7 Å². The second-order valence-corrected chi connectivity index (χ2v) is 3.92. The number of rotatable bonds is 3. The Bertz CT molecular complexity index is 117. The van der Waals surface area contributed by atoms with Crippen molar-refractivity contribution in [2.45, 2.75) is 12.8 Å². The summed E-state index contributed by atoms with van der Waals surface area (Å²) in [4.78, 5) is 2.29. The Morgan fingerprint density at radius 1 is 1.33 bits per heavy atom. The Morgan fingerprint density at radius 2 is 1.92 bits per heavy atom. The highest BCUT2D eigenvalue weighted by molar-refractivity contribution is 4.71. The molecule has 1 N–H and O–H groups in total. The lowest BCUT2D eigenvalue weighted by atomic mass is 9.97. The van der Waals surface area contributed by atoms with Crippen molar-refractivity contribution in [1.29, 1.82) is 0 Å². The molecule has 1 fully saturated rings. The normalized spacial score (nSPS) is 22.0. The summed E-state index contributed by atoms with van der Waals surface area (Å²) < 4.78 is 0. The van der Waals surface area contributed by atoms with Crippen molar-refractivity contribution < 1.29 is 0 Å². The minimum atomic E-state index is 0.907. The van der Waals surface area contributed by atoms with Gasteiger partial charge in [0.2, 0.25) is 0 Å². The van der Waals surface area contributed by atoms with Gasteiger partial charge in [-0.3, -0.25) is 5.43 Å². The zero-order valence-corrected chi connectivity index (χ0v) is 8.51. The standard InChI is InChI=1S/C9H21N3/c1-10-12-6-4-9(5-7-12)8-11(2)3/h9-10H,4-8H2,1-3H3. The summed E-state index contributed by atoms with van der Waals surface area (Å²) in [6.45, 7) is 3.65. The summed E-state index contributed by atoms with van der Waals surface area (Å²) in [5, 5.41) is 2.30. The average Bonchev–Trinajstić information content (AvgIpc) is 2.05. The van der Waals surface area contributed by atoms with Crippen LogP contribution in [0.5, 0.6) is 0 Å². The van der Waals surface area contributed by atoms with Crippen molar-refractivity contribution in [3.63, 3.8) is 0 Å². The van der Waals surface area contributed by atoms with E-state index in [1.807, 2.05) is 7.05 Å². The lowest BCUT2D eigenvalue weighted by Crippen LogP contribution is -2.43. The van der Waals surface area contributed by atoms with Gasteiger partial charge in [0.05, 0.1) is 0 Å². The molecule has 1 rings (SSSR count). The molecule has 0 unspecified atom stereocenters. The van der Waals surface area contributed by atoms with Crippen LogP contribution in [0.15, 0.2) is 0 Å². The number of hydrogen-bond donors (Lipinski definition) is 1. The monoisotopic (exact) mass is 171 g/mol. The van der Waals surface area contributed by atoms with E-state index in [2.05, 4.69) is 29.4 Å². The molecule has 0 aromatic heterocycles. The maximum absolute atomic E-state index is 3.20. The first-order valence-electron chi connectivity index (χ1n) is 4.79. The second-order valence-electron chi connectivity index (χ2n) is 3.92. The van der Waals surface area contributed by atoms with E-state index in [1.54, 1.807) is 0 Å². The topological polar surface area (TPSA) is 18.5 Å². The minimum Gasteiger partial charge on any atom is -0.309 e. The van der Waals surface area contributed by atoms with Gasteiger partial charge >= 0.3 is 0 Å². The summed E-state index contributed by atoms with van der Waals surface area (Å²) in [6.07, 6.45) is 2.66. The lowest BCUT2D eigenvalue weighted by Gasteiger charge is -2.32. The van der Waals surface area contributed by atoms with E-state index < -0.39 is 0 Å². The van der Waals surface area contributed by atoms with E-state index >= 15 is 0 Å². The smallest absolute Gasteiger partial charge is 0.0134 e. The van der Waals surface area contributed by atoms with Crippen LogP contribution in [0.4, 0.5) is 0 Å². The fourth-order valence-electron chi connectivity index (χ4n) is 1.86. The molecule has 0 atom stereocenters. The van der Waals surface area contributed by atoms with Crippen LogP contribution >= 0.6 is 0 Å². The Hall–Kier alpha value is -0.120. The van der Waals surface area contributed by atoms with Crippen LogP contribution < -0.4 is 5.43 Å². The van der Waals surface area contributed by atoms with E-state index in [-0.39, 0.29) is 0 Å². The first kappa shape index (κ1) is 9.96. The van der Waals surface area contributed by atoms with Gasteiger partial charge in [-0.05, 0) is 39.9 Å². The number of hydrazine groups is 1. The lowest BCUT2D eigenvalue weighted by molar-refractivity contribution is 0.124. The molecule has 1 aliphatic rings. The third-order valence-corrected chi connectivity index (χ3v) is 2.55. The maximum atomic E-state index is 3.20. The Morgan fingerprint density at radius 3 is 2.33 bits per heavy atom. The molecule has 0 saturated carbocycles. The molecule has 12 heavy (non-hydrogen) atoms. The molecule has 72 valence electrons. The van der Waals surface area contributed by atoms with Gasteiger partial charge in [-0.2, -0.15) is 0 Å².